The summed E-state index contributed by atoms with van der Waals surface area (Å²) in [7, 11) is 0. The van der Waals surface area contributed by atoms with Crippen LogP contribution in [-0.2, 0) is 6.54 Å². The van der Waals surface area contributed by atoms with Crippen LogP contribution in [0.25, 0.3) is 0 Å². The number of amides is 1. The van der Waals surface area contributed by atoms with Crippen molar-refractivity contribution < 1.29 is 18.3 Å². The van der Waals surface area contributed by atoms with E-state index in [1.54, 1.807) is 24.4 Å². The monoisotopic (exact) mass is 433 g/mol. The molecule has 5 nitrogen and oxygen atoms in total. The molecular weight excluding hydrogens is 420 g/mol. The third-order valence-corrected chi connectivity index (χ3v) is 4.08. The quantitative estimate of drug-likeness (QED) is 0.594. The molecule has 0 aliphatic heterocycles. The number of aromatic nitrogens is 1. The summed E-state index contributed by atoms with van der Waals surface area (Å²) in [5.74, 6) is -1.18. The van der Waals surface area contributed by atoms with Gasteiger partial charge in [-0.15, -0.1) is 0 Å². The van der Waals surface area contributed by atoms with E-state index in [1.165, 1.54) is 30.3 Å². The molecule has 0 fully saturated rings. The first-order valence-electron chi connectivity index (χ1n) is 7.83. The number of hydrogen-bond donors (Lipinski definition) is 2. The van der Waals surface area contributed by atoms with Gasteiger partial charge in [-0.2, -0.15) is 0 Å². The number of primary amides is 1. The van der Waals surface area contributed by atoms with Gasteiger partial charge in [-0.05, 0) is 48.0 Å². The third-order valence-electron chi connectivity index (χ3n) is 3.62. The van der Waals surface area contributed by atoms with E-state index in [-0.39, 0.29) is 23.6 Å². The highest BCUT2D eigenvalue weighted by molar-refractivity contribution is 9.10. The Labute approximate surface area is 162 Å². The molecule has 2 aromatic carbocycles. The standard InChI is InChI=1S/C19H14BrF2N3O2/c20-12-8-15(22)18(19(23)26)16(9-12)25-10-11-5-6-24-17(7-11)27-14-3-1-13(21)2-4-14/h1-9,25H,10H2,(H2,23,26). The molecule has 0 aliphatic rings. The molecule has 27 heavy (non-hydrogen) atoms. The Morgan fingerprint density at radius 2 is 1.89 bits per heavy atom. The molecule has 0 unspecified atom stereocenters. The molecule has 0 spiro atoms. The fourth-order valence-corrected chi connectivity index (χ4v) is 2.83. The minimum Gasteiger partial charge on any atom is -0.439 e. The average molecular weight is 434 g/mol. The van der Waals surface area contributed by atoms with Crippen molar-refractivity contribution in [3.8, 4) is 11.6 Å². The zero-order valence-electron chi connectivity index (χ0n) is 13.9. The van der Waals surface area contributed by atoms with Crippen molar-refractivity contribution in [3.63, 3.8) is 0 Å². The number of carbonyl (C=O) groups is 1. The van der Waals surface area contributed by atoms with Crippen LogP contribution in [0.4, 0.5) is 14.5 Å². The smallest absolute Gasteiger partial charge is 0.253 e. The third kappa shape index (κ3) is 4.79. The van der Waals surface area contributed by atoms with Gasteiger partial charge in [0.05, 0.1) is 11.3 Å². The molecule has 0 aliphatic carbocycles. The highest BCUT2D eigenvalue weighted by Gasteiger charge is 2.15. The van der Waals surface area contributed by atoms with Gasteiger partial charge in [0.15, 0.2) is 0 Å². The SMILES string of the molecule is NC(=O)c1c(F)cc(Br)cc1NCc1ccnc(Oc2ccc(F)cc2)c1. The van der Waals surface area contributed by atoms with Crippen molar-refractivity contribution in [2.45, 2.75) is 6.54 Å². The normalized spacial score (nSPS) is 10.5. The molecule has 0 atom stereocenters. The maximum atomic E-state index is 14.0. The van der Waals surface area contributed by atoms with Crippen LogP contribution in [0.3, 0.4) is 0 Å². The van der Waals surface area contributed by atoms with Gasteiger partial charge in [-0.1, -0.05) is 15.9 Å². The second-order valence-electron chi connectivity index (χ2n) is 5.59. The number of rotatable bonds is 6. The number of halogens is 3. The number of nitrogens with zero attached hydrogens (tertiary/aromatic N) is 1. The molecule has 138 valence electrons. The van der Waals surface area contributed by atoms with Crippen molar-refractivity contribution in [2.75, 3.05) is 5.32 Å². The Balaban J connectivity index is 1.76. The summed E-state index contributed by atoms with van der Waals surface area (Å²) in [6.07, 6.45) is 1.55. The highest BCUT2D eigenvalue weighted by atomic mass is 79.9. The molecule has 0 saturated heterocycles. The van der Waals surface area contributed by atoms with Crippen molar-refractivity contribution in [3.05, 3.63) is 82.0 Å². The van der Waals surface area contributed by atoms with Gasteiger partial charge in [0.2, 0.25) is 5.88 Å². The van der Waals surface area contributed by atoms with E-state index in [4.69, 9.17) is 10.5 Å². The first-order valence-corrected chi connectivity index (χ1v) is 8.63. The number of anilines is 1. The van der Waals surface area contributed by atoms with Gasteiger partial charge >= 0.3 is 0 Å². The van der Waals surface area contributed by atoms with Gasteiger partial charge in [0, 0.05) is 23.3 Å². The van der Waals surface area contributed by atoms with Crippen molar-refractivity contribution in [1.29, 1.82) is 0 Å². The molecule has 3 rings (SSSR count). The van der Waals surface area contributed by atoms with Crippen LogP contribution in [0.5, 0.6) is 11.6 Å². The van der Waals surface area contributed by atoms with Gasteiger partial charge in [0.25, 0.3) is 5.91 Å². The highest BCUT2D eigenvalue weighted by Crippen LogP contribution is 2.26. The minimum absolute atomic E-state index is 0.213. The Hall–Kier alpha value is -3.00. The van der Waals surface area contributed by atoms with E-state index in [1.807, 2.05) is 0 Å². The molecule has 1 heterocycles. The van der Waals surface area contributed by atoms with E-state index in [0.717, 1.165) is 5.56 Å². The molecule has 1 aromatic heterocycles. The Bertz CT molecular complexity index is 981. The zero-order chi connectivity index (χ0) is 19.4. The maximum Gasteiger partial charge on any atom is 0.253 e. The maximum absolute atomic E-state index is 14.0. The van der Waals surface area contributed by atoms with Crippen molar-refractivity contribution >= 4 is 27.5 Å². The number of benzene rings is 2. The summed E-state index contributed by atoms with van der Waals surface area (Å²) < 4.78 is 33.0. The molecule has 1 amide bonds. The fraction of sp³-hybridized carbons (Fsp3) is 0.0526. The van der Waals surface area contributed by atoms with Crippen molar-refractivity contribution in [2.24, 2.45) is 5.73 Å². The number of hydrogen-bond acceptors (Lipinski definition) is 4. The van der Waals surface area contributed by atoms with E-state index in [2.05, 4.69) is 26.2 Å². The molecule has 0 radical (unpaired) electrons. The number of pyridine rings is 1. The lowest BCUT2D eigenvalue weighted by Crippen LogP contribution is -2.16. The lowest BCUT2D eigenvalue weighted by molar-refractivity contribution is 0.0997. The predicted molar refractivity (Wildman–Crippen MR) is 101 cm³/mol. The van der Waals surface area contributed by atoms with Gasteiger partial charge in [-0.3, -0.25) is 4.79 Å². The first-order chi connectivity index (χ1) is 12.9. The Morgan fingerprint density at radius 3 is 2.59 bits per heavy atom. The van der Waals surface area contributed by atoms with Crippen LogP contribution >= 0.6 is 15.9 Å². The van der Waals surface area contributed by atoms with Crippen LogP contribution in [0.2, 0.25) is 0 Å². The van der Waals surface area contributed by atoms with Crippen LogP contribution in [0.1, 0.15) is 15.9 Å². The Morgan fingerprint density at radius 1 is 1.15 bits per heavy atom. The number of nitrogens with two attached hydrogens (primary N) is 1. The summed E-state index contributed by atoms with van der Waals surface area (Å²) in [6.45, 7) is 0.276. The number of ether oxygens (including phenoxy) is 1. The molecule has 3 aromatic rings. The fourth-order valence-electron chi connectivity index (χ4n) is 2.40. The van der Waals surface area contributed by atoms with E-state index < -0.39 is 11.7 Å². The minimum atomic E-state index is -0.863. The second kappa shape index (κ2) is 8.13. The first kappa shape index (κ1) is 18.8. The topological polar surface area (TPSA) is 77.2 Å². The lowest BCUT2D eigenvalue weighted by Gasteiger charge is -2.12. The zero-order valence-corrected chi connectivity index (χ0v) is 15.5. The predicted octanol–water partition coefficient (Wildman–Crippen LogP) is 4.63. The average Bonchev–Trinajstić information content (AvgIpc) is 2.61. The molecular formula is C19H14BrF2N3O2. The lowest BCUT2D eigenvalue weighted by atomic mass is 10.1. The Kier molecular flexibility index (Phi) is 5.66. The van der Waals surface area contributed by atoms with Gasteiger partial charge in [0.1, 0.15) is 17.4 Å². The molecule has 0 bridgehead atoms. The molecule has 0 saturated carbocycles. The van der Waals surface area contributed by atoms with E-state index in [0.29, 0.717) is 16.1 Å². The molecule has 8 heteroatoms. The largest absolute Gasteiger partial charge is 0.439 e. The van der Waals surface area contributed by atoms with Gasteiger partial charge < -0.3 is 15.8 Å². The summed E-state index contributed by atoms with van der Waals surface area (Å²) in [6, 6.07) is 11.7. The summed E-state index contributed by atoms with van der Waals surface area (Å²) in [5, 5.41) is 2.99. The second-order valence-corrected chi connectivity index (χ2v) is 6.50. The summed E-state index contributed by atoms with van der Waals surface area (Å²) >= 11 is 3.19. The van der Waals surface area contributed by atoms with E-state index in [9.17, 15) is 13.6 Å². The summed E-state index contributed by atoms with van der Waals surface area (Å²) in [4.78, 5) is 15.6. The van der Waals surface area contributed by atoms with E-state index >= 15 is 0 Å². The van der Waals surface area contributed by atoms with Gasteiger partial charge in [-0.25, -0.2) is 13.8 Å². The number of carbonyl (C=O) groups excluding carboxylic acids is 1. The van der Waals surface area contributed by atoms with Crippen LogP contribution < -0.4 is 15.8 Å². The number of nitrogens with one attached hydrogen (secondary N) is 1. The van der Waals surface area contributed by atoms with Crippen molar-refractivity contribution in [1.82, 2.24) is 4.98 Å². The molecule has 3 N–H and O–H groups in total. The van der Waals surface area contributed by atoms with Crippen LogP contribution in [0.15, 0.2) is 59.2 Å². The summed E-state index contributed by atoms with van der Waals surface area (Å²) in [5.41, 5.74) is 6.10. The van der Waals surface area contributed by atoms with Crippen LogP contribution in [0, 0.1) is 11.6 Å². The van der Waals surface area contributed by atoms with Crippen LogP contribution in [-0.4, -0.2) is 10.9 Å².